The summed E-state index contributed by atoms with van der Waals surface area (Å²) < 4.78 is 0. The Hall–Kier alpha value is -0.0800. The van der Waals surface area contributed by atoms with Gasteiger partial charge in [0.2, 0.25) is 0 Å². The molecule has 1 aliphatic rings. The number of hydrogen-bond acceptors (Lipinski definition) is 2. The van der Waals surface area contributed by atoms with Crippen LogP contribution in [0, 0.1) is 11.8 Å². The van der Waals surface area contributed by atoms with Crippen LogP contribution in [-0.4, -0.2) is 18.6 Å². The van der Waals surface area contributed by atoms with Gasteiger partial charge >= 0.3 is 0 Å². The van der Waals surface area contributed by atoms with Crippen molar-refractivity contribution in [2.24, 2.45) is 17.6 Å². The third kappa shape index (κ3) is 4.07. The van der Waals surface area contributed by atoms with Crippen molar-refractivity contribution in [1.29, 1.82) is 0 Å². The molecule has 0 radical (unpaired) electrons. The van der Waals surface area contributed by atoms with Gasteiger partial charge in [-0.25, -0.2) is 0 Å². The summed E-state index contributed by atoms with van der Waals surface area (Å²) in [7, 11) is 0. The average molecular weight is 170 g/mol. The van der Waals surface area contributed by atoms with E-state index in [2.05, 4.69) is 26.1 Å². The highest BCUT2D eigenvalue weighted by molar-refractivity contribution is 4.84. The van der Waals surface area contributed by atoms with E-state index in [4.69, 9.17) is 5.73 Å². The lowest BCUT2D eigenvalue weighted by Crippen LogP contribution is -2.36. The lowest BCUT2D eigenvalue weighted by atomic mass is 10.0. The number of nitrogens with two attached hydrogens (primary N) is 1. The summed E-state index contributed by atoms with van der Waals surface area (Å²) in [6.45, 7) is 8.73. The fourth-order valence-corrected chi connectivity index (χ4v) is 1.38. The van der Waals surface area contributed by atoms with E-state index >= 15 is 0 Å². The van der Waals surface area contributed by atoms with Gasteiger partial charge in [0.1, 0.15) is 0 Å². The molecule has 0 heterocycles. The van der Waals surface area contributed by atoms with Crippen LogP contribution in [0.5, 0.6) is 0 Å². The second-order valence-electron chi connectivity index (χ2n) is 4.92. The molecule has 2 heteroatoms. The SMILES string of the molecule is CC1CC1CNCCC(C)(C)N. The van der Waals surface area contributed by atoms with E-state index in [1.165, 1.54) is 13.0 Å². The third-order valence-corrected chi connectivity index (χ3v) is 2.63. The van der Waals surface area contributed by atoms with Gasteiger partial charge in [-0.1, -0.05) is 6.92 Å². The van der Waals surface area contributed by atoms with Crippen LogP contribution in [0.3, 0.4) is 0 Å². The Morgan fingerprint density at radius 1 is 1.50 bits per heavy atom. The van der Waals surface area contributed by atoms with Crippen LogP contribution in [0.25, 0.3) is 0 Å². The van der Waals surface area contributed by atoms with Crippen LogP contribution >= 0.6 is 0 Å². The minimum atomic E-state index is -0.0117. The van der Waals surface area contributed by atoms with Gasteiger partial charge in [-0.05, 0) is 51.6 Å². The fraction of sp³-hybridized carbons (Fsp3) is 1.00. The first kappa shape index (κ1) is 10.0. The molecule has 72 valence electrons. The largest absolute Gasteiger partial charge is 0.326 e. The van der Waals surface area contributed by atoms with Crippen LogP contribution in [0.1, 0.15) is 33.6 Å². The molecule has 0 saturated heterocycles. The van der Waals surface area contributed by atoms with Crippen LogP contribution in [0.15, 0.2) is 0 Å². The quantitative estimate of drug-likeness (QED) is 0.611. The van der Waals surface area contributed by atoms with Crippen molar-refractivity contribution in [1.82, 2.24) is 5.32 Å². The highest BCUT2D eigenvalue weighted by atomic mass is 14.9. The van der Waals surface area contributed by atoms with E-state index in [1.54, 1.807) is 0 Å². The first-order valence-electron chi connectivity index (χ1n) is 4.98. The van der Waals surface area contributed by atoms with Gasteiger partial charge in [0, 0.05) is 5.54 Å². The number of nitrogens with one attached hydrogen (secondary N) is 1. The Labute approximate surface area is 75.9 Å². The molecule has 0 aliphatic heterocycles. The summed E-state index contributed by atoms with van der Waals surface area (Å²) in [5, 5.41) is 3.45. The second kappa shape index (κ2) is 3.75. The molecule has 2 atom stereocenters. The topological polar surface area (TPSA) is 38.0 Å². The maximum atomic E-state index is 5.86. The Morgan fingerprint density at radius 3 is 2.50 bits per heavy atom. The Bertz CT molecular complexity index is 137. The summed E-state index contributed by atoms with van der Waals surface area (Å²) in [6.07, 6.45) is 2.48. The molecule has 0 bridgehead atoms. The van der Waals surface area contributed by atoms with Gasteiger partial charge in [-0.2, -0.15) is 0 Å². The lowest BCUT2D eigenvalue weighted by Gasteiger charge is -2.18. The molecule has 0 aromatic carbocycles. The summed E-state index contributed by atoms with van der Waals surface area (Å²) >= 11 is 0. The molecule has 2 nitrogen and oxygen atoms in total. The highest BCUT2D eigenvalue weighted by Crippen LogP contribution is 2.36. The molecule has 3 N–H and O–H groups in total. The first-order valence-corrected chi connectivity index (χ1v) is 4.98. The van der Waals surface area contributed by atoms with Gasteiger partial charge in [0.05, 0.1) is 0 Å². The molecule has 0 amide bonds. The standard InChI is InChI=1S/C10H22N2/c1-8-6-9(8)7-12-5-4-10(2,3)11/h8-9,12H,4-7,11H2,1-3H3. The smallest absolute Gasteiger partial charge is 0.0109 e. The highest BCUT2D eigenvalue weighted by Gasteiger charge is 2.31. The molecular formula is C10H22N2. The predicted molar refractivity (Wildman–Crippen MR) is 53.0 cm³/mol. The minimum Gasteiger partial charge on any atom is -0.326 e. The van der Waals surface area contributed by atoms with Gasteiger partial charge in [0.15, 0.2) is 0 Å². The Morgan fingerprint density at radius 2 is 2.08 bits per heavy atom. The van der Waals surface area contributed by atoms with Gasteiger partial charge in [0.25, 0.3) is 0 Å². The Kier molecular flexibility index (Phi) is 3.13. The monoisotopic (exact) mass is 170 g/mol. The molecule has 0 spiro atoms. The summed E-state index contributed by atoms with van der Waals surface area (Å²) in [5.74, 6) is 1.91. The zero-order chi connectivity index (χ0) is 9.19. The summed E-state index contributed by atoms with van der Waals surface area (Å²) in [6, 6.07) is 0. The van der Waals surface area contributed by atoms with Gasteiger partial charge in [-0.3, -0.25) is 0 Å². The summed E-state index contributed by atoms with van der Waals surface area (Å²) in [5.41, 5.74) is 5.84. The third-order valence-electron chi connectivity index (χ3n) is 2.63. The van der Waals surface area contributed by atoms with E-state index in [9.17, 15) is 0 Å². The average Bonchev–Trinajstić information content (AvgIpc) is 2.57. The molecule has 12 heavy (non-hydrogen) atoms. The van der Waals surface area contributed by atoms with Gasteiger partial charge < -0.3 is 11.1 Å². The van der Waals surface area contributed by atoms with Crippen molar-refractivity contribution in [2.45, 2.75) is 39.2 Å². The molecule has 1 rings (SSSR count). The van der Waals surface area contributed by atoms with E-state index in [0.29, 0.717) is 0 Å². The molecule has 1 saturated carbocycles. The number of hydrogen-bond donors (Lipinski definition) is 2. The van der Waals surface area contributed by atoms with Crippen LogP contribution in [0.4, 0.5) is 0 Å². The predicted octanol–water partition coefficient (Wildman–Crippen LogP) is 1.36. The van der Waals surface area contributed by atoms with Crippen LogP contribution in [0.2, 0.25) is 0 Å². The number of rotatable bonds is 5. The zero-order valence-corrected chi connectivity index (χ0v) is 8.56. The zero-order valence-electron chi connectivity index (χ0n) is 8.56. The van der Waals surface area contributed by atoms with Crippen molar-refractivity contribution in [3.05, 3.63) is 0 Å². The maximum Gasteiger partial charge on any atom is 0.0109 e. The van der Waals surface area contributed by atoms with Crippen molar-refractivity contribution < 1.29 is 0 Å². The molecule has 1 fully saturated rings. The van der Waals surface area contributed by atoms with Crippen LogP contribution < -0.4 is 11.1 Å². The van der Waals surface area contributed by atoms with Crippen molar-refractivity contribution >= 4 is 0 Å². The van der Waals surface area contributed by atoms with E-state index < -0.39 is 0 Å². The van der Waals surface area contributed by atoms with E-state index in [1.807, 2.05) is 0 Å². The lowest BCUT2D eigenvalue weighted by molar-refractivity contribution is 0.450. The molecule has 1 aliphatic carbocycles. The molecule has 0 aromatic heterocycles. The van der Waals surface area contributed by atoms with Crippen molar-refractivity contribution in [3.63, 3.8) is 0 Å². The molecular weight excluding hydrogens is 148 g/mol. The van der Waals surface area contributed by atoms with Crippen molar-refractivity contribution in [2.75, 3.05) is 13.1 Å². The summed E-state index contributed by atoms with van der Waals surface area (Å²) in [4.78, 5) is 0. The maximum absolute atomic E-state index is 5.86. The minimum absolute atomic E-state index is 0.0117. The normalized spacial score (nSPS) is 29.0. The van der Waals surface area contributed by atoms with E-state index in [-0.39, 0.29) is 5.54 Å². The van der Waals surface area contributed by atoms with Crippen LogP contribution in [-0.2, 0) is 0 Å². The fourth-order valence-electron chi connectivity index (χ4n) is 1.38. The van der Waals surface area contributed by atoms with E-state index in [0.717, 1.165) is 24.8 Å². The molecule has 0 aromatic rings. The first-order chi connectivity index (χ1) is 5.49. The molecule has 2 unspecified atom stereocenters. The Balaban J connectivity index is 1.90. The second-order valence-corrected chi connectivity index (χ2v) is 4.92. The van der Waals surface area contributed by atoms with Gasteiger partial charge in [-0.15, -0.1) is 0 Å². The van der Waals surface area contributed by atoms with Crippen molar-refractivity contribution in [3.8, 4) is 0 Å².